The summed E-state index contributed by atoms with van der Waals surface area (Å²) in [6, 6.07) is 5.66. The van der Waals surface area contributed by atoms with Crippen LogP contribution in [0.1, 0.15) is 45.4 Å². The SMILES string of the molecule is C=C(F)/C=C/n1cc2ccc(-c3noc(C4CCN(C(=O)OC(C)(C)C)CC4)n3)cc2n1. The lowest BCUT2D eigenvalue weighted by Crippen LogP contribution is -2.41. The van der Waals surface area contributed by atoms with Crippen molar-refractivity contribution >= 4 is 23.2 Å². The summed E-state index contributed by atoms with van der Waals surface area (Å²) in [5.41, 5.74) is 1.00. The number of benzene rings is 1. The third kappa shape index (κ3) is 5.04. The zero-order valence-corrected chi connectivity index (χ0v) is 18.4. The lowest BCUT2D eigenvalue weighted by atomic mass is 9.97. The summed E-state index contributed by atoms with van der Waals surface area (Å²) in [6.07, 6.45) is 5.71. The van der Waals surface area contributed by atoms with Crippen LogP contribution in [-0.4, -0.2) is 49.6 Å². The van der Waals surface area contributed by atoms with Gasteiger partial charge in [0, 0.05) is 42.4 Å². The zero-order chi connectivity index (χ0) is 22.9. The molecule has 168 valence electrons. The molecular formula is C23H26FN5O3. The first kappa shape index (κ1) is 21.7. The number of fused-ring (bicyclic) bond motifs is 1. The van der Waals surface area contributed by atoms with Crippen molar-refractivity contribution in [1.29, 1.82) is 0 Å². The monoisotopic (exact) mass is 439 g/mol. The Hall–Kier alpha value is -3.49. The molecule has 0 unspecified atom stereocenters. The minimum atomic E-state index is -0.540. The Bertz CT molecular complexity index is 1170. The van der Waals surface area contributed by atoms with E-state index in [0.717, 1.165) is 29.3 Å². The van der Waals surface area contributed by atoms with Crippen molar-refractivity contribution in [2.24, 2.45) is 0 Å². The molecule has 1 amide bonds. The van der Waals surface area contributed by atoms with Crippen LogP contribution in [0.5, 0.6) is 0 Å². The van der Waals surface area contributed by atoms with Crippen LogP contribution in [0.3, 0.4) is 0 Å². The number of likely N-dealkylation sites (tertiary alicyclic amines) is 1. The van der Waals surface area contributed by atoms with Crippen LogP contribution in [0.15, 0.2) is 47.4 Å². The number of carbonyl (C=O) groups excluding carboxylic acids is 1. The topological polar surface area (TPSA) is 86.3 Å². The average Bonchev–Trinajstić information content (AvgIpc) is 3.37. The summed E-state index contributed by atoms with van der Waals surface area (Å²) in [7, 11) is 0. The van der Waals surface area contributed by atoms with E-state index >= 15 is 0 Å². The minimum Gasteiger partial charge on any atom is -0.444 e. The summed E-state index contributed by atoms with van der Waals surface area (Å²) in [5.74, 6) is 0.607. The molecular weight excluding hydrogens is 413 g/mol. The van der Waals surface area contributed by atoms with Gasteiger partial charge in [-0.25, -0.2) is 13.9 Å². The van der Waals surface area contributed by atoms with Gasteiger partial charge in [0.1, 0.15) is 11.4 Å². The van der Waals surface area contributed by atoms with Gasteiger partial charge in [0.05, 0.1) is 5.52 Å². The average molecular weight is 439 g/mol. The van der Waals surface area contributed by atoms with Crippen molar-refractivity contribution in [3.05, 3.63) is 48.8 Å². The van der Waals surface area contributed by atoms with Crippen LogP contribution >= 0.6 is 0 Å². The summed E-state index contributed by atoms with van der Waals surface area (Å²) in [5, 5.41) is 9.44. The van der Waals surface area contributed by atoms with E-state index in [1.807, 2.05) is 39.0 Å². The highest BCUT2D eigenvalue weighted by Crippen LogP contribution is 2.30. The van der Waals surface area contributed by atoms with Crippen LogP contribution < -0.4 is 0 Å². The highest BCUT2D eigenvalue weighted by Gasteiger charge is 2.30. The van der Waals surface area contributed by atoms with Crippen molar-refractivity contribution in [2.75, 3.05) is 13.1 Å². The molecule has 0 aliphatic carbocycles. The second-order valence-electron chi connectivity index (χ2n) is 8.84. The number of aromatic nitrogens is 4. The quantitative estimate of drug-likeness (QED) is 0.522. The molecule has 0 N–H and O–H groups in total. The molecule has 3 aromatic rings. The molecule has 0 bridgehead atoms. The molecule has 1 aliphatic rings. The van der Waals surface area contributed by atoms with E-state index in [2.05, 4.69) is 21.8 Å². The fraction of sp³-hybridized carbons (Fsp3) is 0.391. The van der Waals surface area contributed by atoms with E-state index in [1.165, 1.54) is 17.0 Å². The number of rotatable bonds is 4. The predicted molar refractivity (Wildman–Crippen MR) is 118 cm³/mol. The second-order valence-corrected chi connectivity index (χ2v) is 8.84. The Labute approximate surface area is 185 Å². The molecule has 32 heavy (non-hydrogen) atoms. The van der Waals surface area contributed by atoms with Gasteiger partial charge in [0.15, 0.2) is 0 Å². The Morgan fingerprint density at radius 3 is 2.75 bits per heavy atom. The van der Waals surface area contributed by atoms with Crippen molar-refractivity contribution < 1.29 is 18.4 Å². The summed E-state index contributed by atoms with van der Waals surface area (Å²) in [4.78, 5) is 18.5. The van der Waals surface area contributed by atoms with Gasteiger partial charge in [-0.3, -0.25) is 0 Å². The third-order valence-corrected chi connectivity index (χ3v) is 5.13. The highest BCUT2D eigenvalue weighted by atomic mass is 19.1. The number of nitrogens with zero attached hydrogens (tertiary/aromatic N) is 5. The number of allylic oxidation sites excluding steroid dienone is 2. The molecule has 0 radical (unpaired) electrons. The Balaban J connectivity index is 1.43. The molecule has 0 atom stereocenters. The first-order valence-electron chi connectivity index (χ1n) is 10.5. The first-order valence-corrected chi connectivity index (χ1v) is 10.5. The van der Waals surface area contributed by atoms with E-state index in [-0.39, 0.29) is 12.0 Å². The van der Waals surface area contributed by atoms with Crippen LogP contribution in [-0.2, 0) is 4.74 Å². The fourth-order valence-electron chi connectivity index (χ4n) is 3.56. The Kier molecular flexibility index (Phi) is 5.82. The standard InChI is InChI=1S/C23H26FN5O3/c1-15(24)7-12-29-14-18-6-5-17(13-19(18)26-29)20-25-21(32-27-20)16-8-10-28(11-9-16)22(30)31-23(2,3)4/h5-7,12-14,16H,1,8-11H2,2-4H3/b12-7+. The van der Waals surface area contributed by atoms with Gasteiger partial charge in [-0.05, 0) is 45.8 Å². The maximum atomic E-state index is 12.8. The molecule has 8 nitrogen and oxygen atoms in total. The molecule has 0 saturated carbocycles. The number of hydrogen-bond donors (Lipinski definition) is 0. The first-order chi connectivity index (χ1) is 15.2. The van der Waals surface area contributed by atoms with E-state index < -0.39 is 11.4 Å². The van der Waals surface area contributed by atoms with Gasteiger partial charge in [-0.2, -0.15) is 10.1 Å². The molecule has 1 saturated heterocycles. The van der Waals surface area contributed by atoms with Crippen molar-refractivity contribution in [1.82, 2.24) is 24.8 Å². The van der Waals surface area contributed by atoms with Crippen LogP contribution in [0, 0.1) is 0 Å². The minimum absolute atomic E-state index is 0.0943. The van der Waals surface area contributed by atoms with E-state index in [1.54, 1.807) is 11.1 Å². The number of piperidine rings is 1. The molecule has 0 spiro atoms. The van der Waals surface area contributed by atoms with Gasteiger partial charge in [0.25, 0.3) is 0 Å². The predicted octanol–water partition coefficient (Wildman–Crippen LogP) is 5.15. The largest absolute Gasteiger partial charge is 0.444 e. The molecule has 2 aromatic heterocycles. The molecule has 1 fully saturated rings. The number of amides is 1. The van der Waals surface area contributed by atoms with Crippen LogP contribution in [0.4, 0.5) is 9.18 Å². The number of ether oxygens (including phenoxy) is 1. The molecule has 1 aromatic carbocycles. The Morgan fingerprint density at radius 2 is 2.06 bits per heavy atom. The van der Waals surface area contributed by atoms with E-state index in [9.17, 15) is 9.18 Å². The fourth-order valence-corrected chi connectivity index (χ4v) is 3.56. The van der Waals surface area contributed by atoms with Gasteiger partial charge in [0.2, 0.25) is 11.7 Å². The maximum Gasteiger partial charge on any atom is 0.410 e. The normalized spacial score (nSPS) is 15.6. The van der Waals surface area contributed by atoms with Crippen molar-refractivity contribution in [2.45, 2.75) is 45.1 Å². The number of hydrogen-bond acceptors (Lipinski definition) is 6. The number of halogens is 1. The van der Waals surface area contributed by atoms with Gasteiger partial charge in [-0.15, -0.1) is 0 Å². The van der Waals surface area contributed by atoms with E-state index in [0.29, 0.717) is 24.8 Å². The van der Waals surface area contributed by atoms with Gasteiger partial charge < -0.3 is 14.2 Å². The van der Waals surface area contributed by atoms with Gasteiger partial charge >= 0.3 is 6.09 Å². The zero-order valence-electron chi connectivity index (χ0n) is 18.4. The summed E-state index contributed by atoms with van der Waals surface area (Å²) < 4.78 is 25.3. The molecule has 9 heteroatoms. The summed E-state index contributed by atoms with van der Waals surface area (Å²) in [6.45, 7) is 9.94. The number of carbonyl (C=O) groups is 1. The molecule has 3 heterocycles. The van der Waals surface area contributed by atoms with Crippen LogP contribution in [0.2, 0.25) is 0 Å². The second kappa shape index (κ2) is 8.57. The Morgan fingerprint density at radius 1 is 1.31 bits per heavy atom. The lowest BCUT2D eigenvalue weighted by molar-refractivity contribution is 0.0198. The highest BCUT2D eigenvalue weighted by molar-refractivity contribution is 5.83. The maximum absolute atomic E-state index is 12.8. The van der Waals surface area contributed by atoms with Crippen molar-refractivity contribution in [3.8, 4) is 11.4 Å². The summed E-state index contributed by atoms with van der Waals surface area (Å²) >= 11 is 0. The van der Waals surface area contributed by atoms with Crippen LogP contribution in [0.25, 0.3) is 28.5 Å². The smallest absolute Gasteiger partial charge is 0.410 e. The third-order valence-electron chi connectivity index (χ3n) is 5.13. The van der Waals surface area contributed by atoms with Gasteiger partial charge in [-0.1, -0.05) is 23.9 Å². The van der Waals surface area contributed by atoms with Crippen molar-refractivity contribution in [3.63, 3.8) is 0 Å². The van der Waals surface area contributed by atoms with E-state index in [4.69, 9.17) is 9.26 Å². The lowest BCUT2D eigenvalue weighted by Gasteiger charge is -2.32. The molecule has 4 rings (SSSR count). The molecule has 1 aliphatic heterocycles.